The number of furan rings is 1. The highest BCUT2D eigenvalue weighted by atomic mass is 16.3. The van der Waals surface area contributed by atoms with Gasteiger partial charge in [-0.1, -0.05) is 206 Å². The van der Waals surface area contributed by atoms with Gasteiger partial charge in [0.25, 0.3) is 0 Å². The molecule has 12 rings (SSSR count). The normalized spacial score (nSPS) is 12.6. The van der Waals surface area contributed by atoms with Gasteiger partial charge in [0.2, 0.25) is 0 Å². The van der Waals surface area contributed by atoms with Crippen LogP contribution in [0.4, 0.5) is 0 Å². The predicted octanol–water partition coefficient (Wildman–Crippen LogP) is 14.5. The Morgan fingerprint density at radius 2 is 0.758 bits per heavy atom. The highest BCUT2D eigenvalue weighted by Gasteiger charge is 2.46. The molecule has 0 bridgehead atoms. The number of nitrogens with zero attached hydrogens (tertiary/aromatic N) is 3. The van der Waals surface area contributed by atoms with Crippen molar-refractivity contribution in [2.24, 2.45) is 0 Å². The second kappa shape index (κ2) is 14.5. The molecule has 1 aliphatic rings. The number of fused-ring (bicyclic) bond motifs is 6. The quantitative estimate of drug-likeness (QED) is 0.161. The van der Waals surface area contributed by atoms with Crippen LogP contribution in [0, 0.1) is 0 Å². The largest absolute Gasteiger partial charge is 0.456 e. The average molecular weight is 792 g/mol. The van der Waals surface area contributed by atoms with E-state index in [1.807, 2.05) is 24.3 Å². The van der Waals surface area contributed by atoms with E-state index >= 15 is 0 Å². The number of benzene rings is 9. The molecule has 0 N–H and O–H groups in total. The summed E-state index contributed by atoms with van der Waals surface area (Å²) < 4.78 is 6.87. The lowest BCUT2D eigenvalue weighted by Gasteiger charge is -2.33. The molecule has 0 unspecified atom stereocenters. The number of aromatic nitrogens is 3. The van der Waals surface area contributed by atoms with Crippen molar-refractivity contribution in [1.82, 2.24) is 15.0 Å². The van der Waals surface area contributed by atoms with Gasteiger partial charge in [-0.25, -0.2) is 15.0 Å². The molecule has 2 heterocycles. The van der Waals surface area contributed by atoms with Crippen LogP contribution in [0.3, 0.4) is 0 Å². The van der Waals surface area contributed by atoms with Crippen molar-refractivity contribution in [2.45, 2.75) is 5.41 Å². The minimum absolute atomic E-state index is 0.533. The van der Waals surface area contributed by atoms with Crippen LogP contribution in [0.1, 0.15) is 22.3 Å². The van der Waals surface area contributed by atoms with Crippen molar-refractivity contribution in [3.8, 4) is 67.5 Å². The number of hydrogen-bond acceptors (Lipinski definition) is 4. The van der Waals surface area contributed by atoms with Crippen molar-refractivity contribution in [3.63, 3.8) is 0 Å². The lowest BCUT2D eigenvalue weighted by molar-refractivity contribution is 0.666. The van der Waals surface area contributed by atoms with Crippen molar-refractivity contribution < 1.29 is 4.42 Å². The van der Waals surface area contributed by atoms with E-state index in [1.54, 1.807) is 0 Å². The van der Waals surface area contributed by atoms with Crippen LogP contribution >= 0.6 is 0 Å². The van der Waals surface area contributed by atoms with Gasteiger partial charge in [0.15, 0.2) is 17.5 Å². The third kappa shape index (κ3) is 5.72. The minimum Gasteiger partial charge on any atom is -0.456 e. The lowest BCUT2D eigenvalue weighted by atomic mass is 9.67. The molecule has 0 fully saturated rings. The molecule has 0 saturated heterocycles. The maximum Gasteiger partial charge on any atom is 0.164 e. The van der Waals surface area contributed by atoms with Gasteiger partial charge in [-0.2, -0.15) is 0 Å². The lowest BCUT2D eigenvalue weighted by Crippen LogP contribution is -2.28. The van der Waals surface area contributed by atoms with Crippen molar-refractivity contribution in [3.05, 3.63) is 247 Å². The van der Waals surface area contributed by atoms with Crippen LogP contribution in [-0.2, 0) is 5.41 Å². The zero-order chi connectivity index (χ0) is 41.0. The van der Waals surface area contributed by atoms with Crippen LogP contribution in [0.25, 0.3) is 89.5 Å². The third-order valence-electron chi connectivity index (χ3n) is 12.5. The molecule has 0 spiro atoms. The molecule has 0 radical (unpaired) electrons. The summed E-state index contributed by atoms with van der Waals surface area (Å²) in [4.78, 5) is 15.6. The van der Waals surface area contributed by atoms with Gasteiger partial charge < -0.3 is 4.42 Å². The molecule has 62 heavy (non-hydrogen) atoms. The van der Waals surface area contributed by atoms with Gasteiger partial charge in [0.1, 0.15) is 11.2 Å². The topological polar surface area (TPSA) is 51.8 Å². The van der Waals surface area contributed by atoms with E-state index < -0.39 is 5.41 Å². The van der Waals surface area contributed by atoms with Crippen LogP contribution in [0.5, 0.6) is 0 Å². The predicted molar refractivity (Wildman–Crippen MR) is 252 cm³/mol. The van der Waals surface area contributed by atoms with E-state index in [0.29, 0.717) is 17.5 Å². The van der Waals surface area contributed by atoms with Crippen LogP contribution in [0.2, 0.25) is 0 Å². The zero-order valence-corrected chi connectivity index (χ0v) is 33.6. The standard InChI is InChI=1S/C58H37N3O/c1-5-16-38(17-6-1)40-28-32-42(33-29-40)55-59-56(43-34-30-41(31-35-43)39-18-7-2-8-19-39)61-57(60-55)47-25-15-27-52-54(47)49-36-48-46-24-13-14-26-50(46)58(44-20-9-3-10-21-44,45-22-11-4-12-23-45)51(48)37-53(49)62-52/h1-37H. The summed E-state index contributed by atoms with van der Waals surface area (Å²) in [6.07, 6.45) is 0. The first-order valence-electron chi connectivity index (χ1n) is 21.0. The highest BCUT2D eigenvalue weighted by molar-refractivity contribution is 6.14. The van der Waals surface area contributed by atoms with Gasteiger partial charge in [0.05, 0.1) is 5.41 Å². The van der Waals surface area contributed by atoms with Crippen LogP contribution < -0.4 is 0 Å². The highest BCUT2D eigenvalue weighted by Crippen LogP contribution is 2.57. The first-order valence-corrected chi connectivity index (χ1v) is 21.0. The molecular formula is C58H37N3O. The van der Waals surface area contributed by atoms with Crippen LogP contribution in [-0.4, -0.2) is 15.0 Å². The fraction of sp³-hybridized carbons (Fsp3) is 0.0172. The Labute approximate surface area is 359 Å². The van der Waals surface area contributed by atoms with Gasteiger partial charge in [-0.05, 0) is 73.8 Å². The molecule has 290 valence electrons. The number of hydrogen-bond donors (Lipinski definition) is 0. The molecule has 9 aromatic carbocycles. The minimum atomic E-state index is -0.533. The van der Waals surface area contributed by atoms with Crippen molar-refractivity contribution in [1.29, 1.82) is 0 Å². The fourth-order valence-electron chi connectivity index (χ4n) is 9.59. The Kier molecular flexibility index (Phi) is 8.36. The first-order chi connectivity index (χ1) is 30.7. The second-order valence-corrected chi connectivity index (χ2v) is 15.9. The van der Waals surface area contributed by atoms with Gasteiger partial charge >= 0.3 is 0 Å². The van der Waals surface area contributed by atoms with Gasteiger partial charge in [-0.15, -0.1) is 0 Å². The molecule has 11 aromatic rings. The van der Waals surface area contributed by atoms with E-state index in [-0.39, 0.29) is 0 Å². The Morgan fingerprint density at radius 3 is 1.32 bits per heavy atom. The van der Waals surface area contributed by atoms with E-state index in [0.717, 1.165) is 60.9 Å². The van der Waals surface area contributed by atoms with Crippen molar-refractivity contribution in [2.75, 3.05) is 0 Å². The summed E-state index contributed by atoms with van der Waals surface area (Å²) in [7, 11) is 0. The molecule has 1 aliphatic carbocycles. The molecule has 4 nitrogen and oxygen atoms in total. The first kappa shape index (κ1) is 35.7. The Hall–Kier alpha value is -8.21. The smallest absolute Gasteiger partial charge is 0.164 e. The molecule has 0 amide bonds. The summed E-state index contributed by atoms with van der Waals surface area (Å²) in [6.45, 7) is 0. The Balaban J connectivity index is 1.06. The van der Waals surface area contributed by atoms with Crippen molar-refractivity contribution >= 4 is 21.9 Å². The molecule has 0 saturated carbocycles. The summed E-state index contributed by atoms with van der Waals surface area (Å²) in [6, 6.07) is 79.2. The second-order valence-electron chi connectivity index (χ2n) is 15.9. The van der Waals surface area contributed by atoms with Gasteiger partial charge in [0, 0.05) is 27.5 Å². The van der Waals surface area contributed by atoms with E-state index in [4.69, 9.17) is 19.4 Å². The van der Waals surface area contributed by atoms with E-state index in [9.17, 15) is 0 Å². The monoisotopic (exact) mass is 791 g/mol. The van der Waals surface area contributed by atoms with E-state index in [1.165, 1.54) is 33.4 Å². The Bertz CT molecular complexity index is 3280. The summed E-state index contributed by atoms with van der Waals surface area (Å²) in [5.74, 6) is 1.79. The summed E-state index contributed by atoms with van der Waals surface area (Å²) in [5, 5.41) is 1.99. The average Bonchev–Trinajstić information content (AvgIpc) is 3.87. The maximum absolute atomic E-state index is 6.87. The SMILES string of the molecule is c1ccc(-c2ccc(-c3nc(-c4ccc(-c5ccccc5)cc4)nc(-c4cccc5oc6cc7c(cc6c45)-c4ccccc4C7(c4ccccc4)c4ccccc4)n3)cc2)cc1. The molecule has 0 aliphatic heterocycles. The fourth-order valence-corrected chi connectivity index (χ4v) is 9.59. The molecular weight excluding hydrogens is 755 g/mol. The van der Waals surface area contributed by atoms with Crippen LogP contribution in [0.15, 0.2) is 229 Å². The van der Waals surface area contributed by atoms with E-state index in [2.05, 4.69) is 200 Å². The zero-order valence-electron chi connectivity index (χ0n) is 33.6. The Morgan fingerprint density at radius 1 is 0.306 bits per heavy atom. The molecule has 4 heteroatoms. The third-order valence-corrected chi connectivity index (χ3v) is 12.5. The van der Waals surface area contributed by atoms with Gasteiger partial charge in [-0.3, -0.25) is 0 Å². The summed E-state index contributed by atoms with van der Waals surface area (Å²) in [5.41, 5.74) is 15.6. The molecule has 2 aromatic heterocycles. The number of rotatable bonds is 7. The maximum atomic E-state index is 6.87. The summed E-state index contributed by atoms with van der Waals surface area (Å²) >= 11 is 0. The molecule has 0 atom stereocenters.